The highest BCUT2D eigenvalue weighted by atomic mass is 16.2. The Morgan fingerprint density at radius 2 is 1.56 bits per heavy atom. The fourth-order valence-electron chi connectivity index (χ4n) is 3.72. The maximum Gasteiger partial charge on any atom is 0.255 e. The minimum absolute atomic E-state index is 0.0394. The zero-order valence-corrected chi connectivity index (χ0v) is 15.1. The van der Waals surface area contributed by atoms with Crippen molar-refractivity contribution in [3.8, 4) is 0 Å². The largest absolute Gasteiger partial charge is 0.342 e. The number of hydrogen-bond donors (Lipinski definition) is 0. The highest BCUT2D eigenvalue weighted by Gasteiger charge is 2.31. The monoisotopic (exact) mass is 345 g/mol. The molecule has 1 aromatic rings. The van der Waals surface area contributed by atoms with Crippen LogP contribution in [0, 0.1) is 11.8 Å². The summed E-state index contributed by atoms with van der Waals surface area (Å²) in [6, 6.07) is 3.00. The third-order valence-electron chi connectivity index (χ3n) is 5.56. The first-order valence-electron chi connectivity index (χ1n) is 9.20. The van der Waals surface area contributed by atoms with E-state index in [0.717, 1.165) is 38.8 Å². The lowest BCUT2D eigenvalue weighted by Gasteiger charge is -2.36. The summed E-state index contributed by atoms with van der Waals surface area (Å²) in [5, 5.41) is 0. The van der Waals surface area contributed by atoms with E-state index in [-0.39, 0.29) is 23.3 Å². The number of pyridine rings is 1. The number of rotatable bonds is 2. The van der Waals surface area contributed by atoms with Crippen LogP contribution in [0.15, 0.2) is 23.1 Å². The van der Waals surface area contributed by atoms with E-state index >= 15 is 0 Å². The van der Waals surface area contributed by atoms with Gasteiger partial charge in [-0.2, -0.15) is 0 Å². The first-order valence-corrected chi connectivity index (χ1v) is 9.20. The molecule has 0 N–H and O–H groups in total. The minimum Gasteiger partial charge on any atom is -0.342 e. The average molecular weight is 345 g/mol. The number of carbonyl (C=O) groups excluding carboxylic acids is 2. The van der Waals surface area contributed by atoms with Gasteiger partial charge in [0.2, 0.25) is 11.5 Å². The molecule has 0 unspecified atom stereocenters. The number of nitrogens with zero attached hydrogens (tertiary/aromatic N) is 3. The van der Waals surface area contributed by atoms with Crippen LogP contribution in [0.25, 0.3) is 0 Å². The molecule has 6 heteroatoms. The van der Waals surface area contributed by atoms with Crippen LogP contribution < -0.4 is 5.56 Å². The van der Waals surface area contributed by atoms with Crippen LogP contribution in [-0.2, 0) is 11.8 Å². The van der Waals surface area contributed by atoms with E-state index in [2.05, 4.69) is 6.92 Å². The first-order chi connectivity index (χ1) is 12.0. The molecule has 0 aromatic carbocycles. The highest BCUT2D eigenvalue weighted by Crippen LogP contribution is 2.24. The molecular formula is C19H27N3O3. The summed E-state index contributed by atoms with van der Waals surface area (Å²) in [6.45, 7) is 5.18. The number of likely N-dealkylation sites (tertiary alicyclic amines) is 2. The van der Waals surface area contributed by atoms with Crippen molar-refractivity contribution in [3.05, 3.63) is 34.2 Å². The third kappa shape index (κ3) is 3.94. The molecule has 25 heavy (non-hydrogen) atoms. The van der Waals surface area contributed by atoms with E-state index in [1.807, 2.05) is 4.90 Å². The molecule has 0 spiro atoms. The summed E-state index contributed by atoms with van der Waals surface area (Å²) < 4.78 is 1.42. The molecule has 136 valence electrons. The van der Waals surface area contributed by atoms with Crippen LogP contribution in [0.4, 0.5) is 0 Å². The van der Waals surface area contributed by atoms with E-state index in [1.54, 1.807) is 24.2 Å². The van der Waals surface area contributed by atoms with E-state index in [1.165, 1.54) is 10.6 Å². The normalized spacial score (nSPS) is 19.9. The van der Waals surface area contributed by atoms with Crippen LogP contribution >= 0.6 is 0 Å². The van der Waals surface area contributed by atoms with Gasteiger partial charge in [-0.1, -0.05) is 6.92 Å². The van der Waals surface area contributed by atoms with Crippen molar-refractivity contribution >= 4 is 11.8 Å². The Hall–Kier alpha value is -2.11. The smallest absolute Gasteiger partial charge is 0.255 e. The molecule has 0 atom stereocenters. The van der Waals surface area contributed by atoms with Gasteiger partial charge in [0, 0.05) is 51.4 Å². The van der Waals surface area contributed by atoms with Gasteiger partial charge in [-0.05, 0) is 37.7 Å². The second-order valence-electron chi connectivity index (χ2n) is 7.44. The van der Waals surface area contributed by atoms with Gasteiger partial charge in [0.1, 0.15) is 0 Å². The van der Waals surface area contributed by atoms with E-state index < -0.39 is 0 Å². The minimum atomic E-state index is -0.128. The Labute approximate surface area is 148 Å². The summed E-state index contributed by atoms with van der Waals surface area (Å²) in [4.78, 5) is 40.5. The zero-order chi connectivity index (χ0) is 18.0. The summed E-state index contributed by atoms with van der Waals surface area (Å²) in [7, 11) is 1.64. The van der Waals surface area contributed by atoms with Gasteiger partial charge in [-0.25, -0.2) is 0 Å². The van der Waals surface area contributed by atoms with Gasteiger partial charge < -0.3 is 14.4 Å². The van der Waals surface area contributed by atoms with Crippen molar-refractivity contribution in [2.75, 3.05) is 26.2 Å². The highest BCUT2D eigenvalue weighted by molar-refractivity contribution is 5.94. The SMILES string of the molecule is CC1CCN(C(=O)C2CCN(C(=O)c3ccc(=O)n(C)c3)CC2)CC1. The summed E-state index contributed by atoms with van der Waals surface area (Å²) >= 11 is 0. The van der Waals surface area contributed by atoms with E-state index in [4.69, 9.17) is 0 Å². The van der Waals surface area contributed by atoms with Crippen LogP contribution in [0.1, 0.15) is 43.0 Å². The molecule has 3 rings (SSSR count). The topological polar surface area (TPSA) is 62.6 Å². The van der Waals surface area contributed by atoms with Crippen molar-refractivity contribution in [2.45, 2.75) is 32.6 Å². The summed E-state index contributed by atoms with van der Waals surface area (Å²) in [5.41, 5.74) is 0.397. The molecule has 0 aliphatic carbocycles. The summed E-state index contributed by atoms with van der Waals surface area (Å²) in [5.74, 6) is 0.956. The Morgan fingerprint density at radius 3 is 2.16 bits per heavy atom. The molecular weight excluding hydrogens is 318 g/mol. The fourth-order valence-corrected chi connectivity index (χ4v) is 3.72. The van der Waals surface area contributed by atoms with Crippen LogP contribution in [0.5, 0.6) is 0 Å². The second-order valence-corrected chi connectivity index (χ2v) is 7.44. The standard InChI is InChI=1S/C19H27N3O3/c1-14-5-9-21(10-6-14)18(24)15-7-11-22(12-8-15)19(25)16-3-4-17(23)20(2)13-16/h3-4,13-15H,5-12H2,1-2H3. The van der Waals surface area contributed by atoms with E-state index in [0.29, 0.717) is 24.6 Å². The molecule has 1 aromatic heterocycles. The lowest BCUT2D eigenvalue weighted by molar-refractivity contribution is -0.138. The Bertz CT molecular complexity index is 696. The predicted octanol–water partition coefficient (Wildman–Crippen LogP) is 1.50. The van der Waals surface area contributed by atoms with Crippen molar-refractivity contribution in [1.29, 1.82) is 0 Å². The molecule has 6 nitrogen and oxygen atoms in total. The fraction of sp³-hybridized carbons (Fsp3) is 0.632. The lowest BCUT2D eigenvalue weighted by atomic mass is 9.92. The molecule has 0 saturated carbocycles. The van der Waals surface area contributed by atoms with Crippen LogP contribution in [-0.4, -0.2) is 52.4 Å². The number of amides is 2. The molecule has 2 fully saturated rings. The molecule has 2 saturated heterocycles. The number of aromatic nitrogens is 1. The number of aryl methyl sites for hydroxylation is 1. The van der Waals surface area contributed by atoms with Gasteiger partial charge >= 0.3 is 0 Å². The van der Waals surface area contributed by atoms with Crippen molar-refractivity contribution < 1.29 is 9.59 Å². The van der Waals surface area contributed by atoms with Crippen molar-refractivity contribution in [2.24, 2.45) is 18.9 Å². The average Bonchev–Trinajstić information content (AvgIpc) is 2.63. The second kappa shape index (κ2) is 7.42. The molecule has 2 aliphatic heterocycles. The zero-order valence-electron chi connectivity index (χ0n) is 15.1. The molecule has 0 bridgehead atoms. The quantitative estimate of drug-likeness (QED) is 0.816. The Balaban J connectivity index is 1.56. The van der Waals surface area contributed by atoms with Crippen molar-refractivity contribution in [1.82, 2.24) is 14.4 Å². The van der Waals surface area contributed by atoms with Gasteiger partial charge in [-0.3, -0.25) is 14.4 Å². The molecule has 0 radical (unpaired) electrons. The van der Waals surface area contributed by atoms with Gasteiger partial charge in [0.05, 0.1) is 5.56 Å². The number of hydrogen-bond acceptors (Lipinski definition) is 3. The van der Waals surface area contributed by atoms with Crippen LogP contribution in [0.3, 0.4) is 0 Å². The van der Waals surface area contributed by atoms with Gasteiger partial charge in [-0.15, -0.1) is 0 Å². The van der Waals surface area contributed by atoms with Crippen LogP contribution in [0.2, 0.25) is 0 Å². The number of piperidine rings is 2. The Morgan fingerprint density at radius 1 is 0.960 bits per heavy atom. The lowest BCUT2D eigenvalue weighted by Crippen LogP contribution is -2.46. The van der Waals surface area contributed by atoms with Gasteiger partial charge in [0.15, 0.2) is 0 Å². The van der Waals surface area contributed by atoms with Crippen molar-refractivity contribution in [3.63, 3.8) is 0 Å². The maximum absolute atomic E-state index is 12.7. The third-order valence-corrected chi connectivity index (χ3v) is 5.56. The maximum atomic E-state index is 12.7. The molecule has 3 heterocycles. The predicted molar refractivity (Wildman–Crippen MR) is 95.3 cm³/mol. The first kappa shape index (κ1) is 17.7. The molecule has 2 aliphatic rings. The molecule has 2 amide bonds. The van der Waals surface area contributed by atoms with E-state index in [9.17, 15) is 14.4 Å². The Kier molecular flexibility index (Phi) is 5.25. The van der Waals surface area contributed by atoms with Gasteiger partial charge in [0.25, 0.3) is 5.91 Å². The number of carbonyl (C=O) groups is 2. The summed E-state index contributed by atoms with van der Waals surface area (Å²) in [6.07, 6.45) is 5.22.